The third-order valence-corrected chi connectivity index (χ3v) is 2.08. The molecule has 42 valence electrons. The lowest BCUT2D eigenvalue weighted by atomic mass is 11.0. The van der Waals surface area contributed by atoms with Crippen LogP contribution in [0.5, 0.6) is 0 Å². The Kier molecular flexibility index (Phi) is 1.60. The van der Waals surface area contributed by atoms with Gasteiger partial charge < -0.3 is 0 Å². The van der Waals surface area contributed by atoms with Gasteiger partial charge in [0.05, 0.1) is 0 Å². The zero-order chi connectivity index (χ0) is 5.28. The van der Waals surface area contributed by atoms with E-state index >= 15 is 0 Å². The van der Waals surface area contributed by atoms with Crippen molar-refractivity contribution < 1.29 is 0 Å². The molecule has 1 aliphatic rings. The maximum absolute atomic E-state index is 2.18. The van der Waals surface area contributed by atoms with Gasteiger partial charge in [-0.1, -0.05) is 11.9 Å². The molecular formula is C5H11NS. The molecule has 0 atom stereocenters. The van der Waals surface area contributed by atoms with Gasteiger partial charge in [-0.05, 0) is 26.9 Å². The quantitative estimate of drug-likeness (QED) is 0.502. The van der Waals surface area contributed by atoms with E-state index in [0.29, 0.717) is 0 Å². The van der Waals surface area contributed by atoms with Crippen molar-refractivity contribution >= 4 is 11.9 Å². The molecule has 1 fully saturated rings. The lowest BCUT2D eigenvalue weighted by Gasteiger charge is -2.04. The second-order valence-corrected chi connectivity index (χ2v) is 3.72. The lowest BCUT2D eigenvalue weighted by Crippen LogP contribution is -2.00. The van der Waals surface area contributed by atoms with Crippen LogP contribution in [0.15, 0.2) is 0 Å². The van der Waals surface area contributed by atoms with Crippen LogP contribution in [0.3, 0.4) is 0 Å². The van der Waals surface area contributed by atoms with E-state index in [0.717, 1.165) is 5.25 Å². The molecule has 0 aromatic rings. The summed E-state index contributed by atoms with van der Waals surface area (Å²) in [5.41, 5.74) is 0. The highest BCUT2D eigenvalue weighted by Crippen LogP contribution is 2.34. The van der Waals surface area contributed by atoms with Crippen molar-refractivity contribution in [3.8, 4) is 0 Å². The first-order valence-electron chi connectivity index (χ1n) is 2.63. The van der Waals surface area contributed by atoms with Gasteiger partial charge in [-0.25, -0.2) is 0 Å². The van der Waals surface area contributed by atoms with Gasteiger partial charge >= 0.3 is 0 Å². The highest BCUT2D eigenvalue weighted by molar-refractivity contribution is 7.97. The van der Waals surface area contributed by atoms with Crippen LogP contribution >= 0.6 is 11.9 Å². The summed E-state index contributed by atoms with van der Waals surface area (Å²) in [6.07, 6.45) is 2.87. The molecule has 1 aliphatic carbocycles. The molecule has 0 aliphatic heterocycles. The Morgan fingerprint density at radius 1 is 1.43 bits per heavy atom. The third-order valence-electron chi connectivity index (χ3n) is 0.884. The van der Waals surface area contributed by atoms with Crippen molar-refractivity contribution in [1.82, 2.24) is 4.31 Å². The van der Waals surface area contributed by atoms with E-state index in [4.69, 9.17) is 0 Å². The summed E-state index contributed by atoms with van der Waals surface area (Å²) >= 11 is 1.95. The van der Waals surface area contributed by atoms with Crippen LogP contribution in [0.25, 0.3) is 0 Å². The van der Waals surface area contributed by atoms with Gasteiger partial charge in [0.25, 0.3) is 0 Å². The predicted octanol–water partition coefficient (Wildman–Crippen LogP) is 1.36. The number of hydrogen-bond acceptors (Lipinski definition) is 2. The molecule has 0 spiro atoms. The van der Waals surface area contributed by atoms with Crippen LogP contribution in [-0.4, -0.2) is 23.7 Å². The van der Waals surface area contributed by atoms with E-state index < -0.39 is 0 Å². The predicted molar refractivity (Wildman–Crippen MR) is 34.3 cm³/mol. The minimum absolute atomic E-state index is 0.968. The van der Waals surface area contributed by atoms with E-state index in [1.54, 1.807) is 0 Å². The summed E-state index contributed by atoms with van der Waals surface area (Å²) in [4.78, 5) is 0. The zero-order valence-corrected chi connectivity index (χ0v) is 5.66. The first-order chi connectivity index (χ1) is 3.29. The lowest BCUT2D eigenvalue weighted by molar-refractivity contribution is 0.702. The molecule has 7 heavy (non-hydrogen) atoms. The fourth-order valence-corrected chi connectivity index (χ4v) is 1.41. The van der Waals surface area contributed by atoms with Gasteiger partial charge in [0.15, 0.2) is 0 Å². The van der Waals surface area contributed by atoms with E-state index in [-0.39, 0.29) is 0 Å². The van der Waals surface area contributed by atoms with Crippen LogP contribution in [-0.2, 0) is 0 Å². The Hall–Kier alpha value is 0.310. The summed E-state index contributed by atoms with van der Waals surface area (Å²) in [5.74, 6) is 0. The Labute approximate surface area is 49.2 Å². The molecule has 0 unspecified atom stereocenters. The first kappa shape index (κ1) is 5.45. The molecule has 0 aromatic heterocycles. The van der Waals surface area contributed by atoms with Gasteiger partial charge in [-0.3, -0.25) is 4.31 Å². The van der Waals surface area contributed by atoms with Crippen LogP contribution in [0.2, 0.25) is 0 Å². The second-order valence-electron chi connectivity index (χ2n) is 2.12. The monoisotopic (exact) mass is 117 g/mol. The van der Waals surface area contributed by atoms with Crippen molar-refractivity contribution in [3.05, 3.63) is 0 Å². The molecule has 1 rings (SSSR count). The summed E-state index contributed by atoms with van der Waals surface area (Å²) in [7, 11) is 4.20. The average Bonchev–Trinajstić information content (AvgIpc) is 2.17. The minimum Gasteiger partial charge on any atom is -0.257 e. The highest BCUT2D eigenvalue weighted by Gasteiger charge is 2.22. The maximum atomic E-state index is 2.18. The van der Waals surface area contributed by atoms with Crippen LogP contribution < -0.4 is 0 Å². The second kappa shape index (κ2) is 2.05. The fourth-order valence-electron chi connectivity index (χ4n) is 0.472. The highest BCUT2D eigenvalue weighted by atomic mass is 32.2. The smallest absolute Gasteiger partial charge is 0.0195 e. The molecule has 2 heteroatoms. The van der Waals surface area contributed by atoms with E-state index in [2.05, 4.69) is 18.4 Å². The first-order valence-corrected chi connectivity index (χ1v) is 3.47. The number of rotatable bonds is 2. The summed E-state index contributed by atoms with van der Waals surface area (Å²) < 4.78 is 2.18. The van der Waals surface area contributed by atoms with Gasteiger partial charge in [0, 0.05) is 5.25 Å². The van der Waals surface area contributed by atoms with Gasteiger partial charge in [0.2, 0.25) is 0 Å². The largest absolute Gasteiger partial charge is 0.257 e. The molecule has 0 heterocycles. The Bertz CT molecular complexity index is 59.1. The molecule has 0 amide bonds. The van der Waals surface area contributed by atoms with Crippen molar-refractivity contribution in [2.75, 3.05) is 14.1 Å². The molecular weight excluding hydrogens is 106 g/mol. The van der Waals surface area contributed by atoms with Gasteiger partial charge in [-0.2, -0.15) is 0 Å². The summed E-state index contributed by atoms with van der Waals surface area (Å²) in [6, 6.07) is 0. The standard InChI is InChI=1S/C5H11NS/c1-6(2)7-5-3-4-5/h5H,3-4H2,1-2H3. The topological polar surface area (TPSA) is 3.24 Å². The van der Waals surface area contributed by atoms with Crippen LogP contribution in [0, 0.1) is 0 Å². The Morgan fingerprint density at radius 3 is 2.14 bits per heavy atom. The van der Waals surface area contributed by atoms with Crippen LogP contribution in [0.1, 0.15) is 12.8 Å². The molecule has 1 nitrogen and oxygen atoms in total. The van der Waals surface area contributed by atoms with Crippen molar-refractivity contribution in [3.63, 3.8) is 0 Å². The average molecular weight is 117 g/mol. The summed E-state index contributed by atoms with van der Waals surface area (Å²) in [6.45, 7) is 0. The number of nitrogens with zero attached hydrogens (tertiary/aromatic N) is 1. The van der Waals surface area contributed by atoms with E-state index in [9.17, 15) is 0 Å². The van der Waals surface area contributed by atoms with Crippen molar-refractivity contribution in [1.29, 1.82) is 0 Å². The molecule has 0 aromatic carbocycles. The molecule has 0 bridgehead atoms. The molecule has 1 saturated carbocycles. The van der Waals surface area contributed by atoms with Crippen molar-refractivity contribution in [2.24, 2.45) is 0 Å². The van der Waals surface area contributed by atoms with Gasteiger partial charge in [0.1, 0.15) is 0 Å². The van der Waals surface area contributed by atoms with E-state index in [1.165, 1.54) is 12.8 Å². The third kappa shape index (κ3) is 2.19. The van der Waals surface area contributed by atoms with Crippen molar-refractivity contribution in [2.45, 2.75) is 18.1 Å². The SMILES string of the molecule is CN(C)SC1CC1. The van der Waals surface area contributed by atoms with Gasteiger partial charge in [-0.15, -0.1) is 0 Å². The molecule has 0 saturated heterocycles. The van der Waals surface area contributed by atoms with Crippen LogP contribution in [0.4, 0.5) is 0 Å². The Morgan fingerprint density at radius 2 is 2.00 bits per heavy atom. The summed E-state index contributed by atoms with van der Waals surface area (Å²) in [5, 5.41) is 0.968. The maximum Gasteiger partial charge on any atom is 0.0195 e. The normalized spacial score (nSPS) is 21.0. The minimum atomic E-state index is 0.968. The fraction of sp³-hybridized carbons (Fsp3) is 1.00. The Balaban J connectivity index is 1.97. The number of hydrogen-bond donors (Lipinski definition) is 0. The zero-order valence-electron chi connectivity index (χ0n) is 4.85. The molecule has 0 N–H and O–H groups in total. The molecule has 0 radical (unpaired) electrons. The van der Waals surface area contributed by atoms with E-state index in [1.807, 2.05) is 11.9 Å².